The Balaban J connectivity index is 2.46. The van der Waals surface area contributed by atoms with Gasteiger partial charge in [0.25, 0.3) is 0 Å². The normalized spacial score (nSPS) is 15.7. The Bertz CT molecular complexity index is 546. The fourth-order valence-corrected chi connectivity index (χ4v) is 2.94. The average Bonchev–Trinajstić information content (AvgIpc) is 2.43. The van der Waals surface area contributed by atoms with Gasteiger partial charge in [-0.15, -0.1) is 0 Å². The van der Waals surface area contributed by atoms with Gasteiger partial charge in [-0.3, -0.25) is 0 Å². The summed E-state index contributed by atoms with van der Waals surface area (Å²) in [5, 5.41) is 12.2. The predicted octanol–water partition coefficient (Wildman–Crippen LogP) is 2.54. The van der Waals surface area contributed by atoms with Crippen LogP contribution >= 0.6 is 0 Å². The first-order valence-corrected chi connectivity index (χ1v) is 7.53. The Kier molecular flexibility index (Phi) is 4.40. The minimum absolute atomic E-state index is 0.131. The van der Waals surface area contributed by atoms with Gasteiger partial charge in [0, 0.05) is 19.3 Å². The minimum Gasteiger partial charge on any atom is -0.409 e. The second kappa shape index (κ2) is 5.92. The first-order valence-electron chi connectivity index (χ1n) is 7.53. The third-order valence-corrected chi connectivity index (χ3v) is 3.74. The fourth-order valence-electron chi connectivity index (χ4n) is 2.94. The summed E-state index contributed by atoms with van der Waals surface area (Å²) in [5.41, 5.74) is 9.13. The molecule has 21 heavy (non-hydrogen) atoms. The topological polar surface area (TPSA) is 74.7 Å². The maximum atomic E-state index is 9.05. The summed E-state index contributed by atoms with van der Waals surface area (Å²) in [6.07, 6.45) is 4.41. The molecule has 1 aliphatic carbocycles. The molecule has 0 spiro atoms. The summed E-state index contributed by atoms with van der Waals surface area (Å²) in [6.45, 7) is 7.41. The monoisotopic (exact) mass is 290 g/mol. The number of nitrogens with zero attached hydrogens (tertiary/aromatic N) is 3. The van der Waals surface area contributed by atoms with Gasteiger partial charge in [0.05, 0.1) is 5.56 Å². The van der Waals surface area contributed by atoms with E-state index in [4.69, 9.17) is 15.9 Å². The first-order chi connectivity index (χ1) is 9.81. The van der Waals surface area contributed by atoms with Crippen molar-refractivity contribution in [1.29, 1.82) is 0 Å². The number of aryl methyl sites for hydroxylation is 2. The van der Waals surface area contributed by atoms with E-state index in [0.29, 0.717) is 0 Å². The molecule has 0 aromatic carbocycles. The smallest absolute Gasteiger partial charge is 0.173 e. The van der Waals surface area contributed by atoms with E-state index >= 15 is 0 Å². The van der Waals surface area contributed by atoms with Crippen LogP contribution in [0.3, 0.4) is 0 Å². The van der Waals surface area contributed by atoms with Gasteiger partial charge in [-0.25, -0.2) is 4.98 Å². The zero-order valence-corrected chi connectivity index (χ0v) is 13.5. The van der Waals surface area contributed by atoms with Gasteiger partial charge in [0.2, 0.25) is 0 Å². The fraction of sp³-hybridized carbons (Fsp3) is 0.625. The highest BCUT2D eigenvalue weighted by Crippen LogP contribution is 2.28. The molecule has 0 bridgehead atoms. The molecule has 0 saturated carbocycles. The van der Waals surface area contributed by atoms with Crippen LogP contribution in [0.2, 0.25) is 0 Å². The number of aromatic nitrogens is 1. The third-order valence-electron chi connectivity index (χ3n) is 3.74. The number of hydrogen-bond donors (Lipinski definition) is 2. The highest BCUT2D eigenvalue weighted by atomic mass is 16.4. The summed E-state index contributed by atoms with van der Waals surface area (Å²) in [4.78, 5) is 6.92. The summed E-state index contributed by atoms with van der Waals surface area (Å²) >= 11 is 0. The van der Waals surface area contributed by atoms with E-state index in [1.807, 2.05) is 13.1 Å². The maximum Gasteiger partial charge on any atom is 0.173 e. The van der Waals surface area contributed by atoms with Crippen LogP contribution in [0.4, 0.5) is 5.82 Å². The van der Waals surface area contributed by atoms with Crippen LogP contribution in [0, 0.1) is 5.41 Å². The molecule has 1 aromatic rings. The average molecular weight is 290 g/mol. The van der Waals surface area contributed by atoms with Crippen LogP contribution in [0.15, 0.2) is 11.2 Å². The molecule has 0 aliphatic heterocycles. The van der Waals surface area contributed by atoms with Gasteiger partial charge in [-0.2, -0.15) is 0 Å². The Morgan fingerprint density at radius 3 is 2.67 bits per heavy atom. The van der Waals surface area contributed by atoms with Crippen molar-refractivity contribution >= 4 is 11.7 Å². The van der Waals surface area contributed by atoms with E-state index < -0.39 is 0 Å². The summed E-state index contributed by atoms with van der Waals surface area (Å²) < 4.78 is 0. The molecule has 0 unspecified atom stereocenters. The molecule has 2 rings (SSSR count). The van der Waals surface area contributed by atoms with Crippen LogP contribution in [-0.4, -0.2) is 29.6 Å². The van der Waals surface area contributed by atoms with Crippen molar-refractivity contribution < 1.29 is 5.21 Å². The maximum absolute atomic E-state index is 9.05. The molecule has 1 aliphatic rings. The van der Waals surface area contributed by atoms with E-state index in [9.17, 15) is 0 Å². The molecule has 0 amide bonds. The van der Waals surface area contributed by atoms with Crippen molar-refractivity contribution in [2.75, 3.05) is 18.5 Å². The predicted molar refractivity (Wildman–Crippen MR) is 86.1 cm³/mol. The van der Waals surface area contributed by atoms with E-state index in [1.165, 1.54) is 18.4 Å². The Labute approximate surface area is 126 Å². The van der Waals surface area contributed by atoms with Crippen molar-refractivity contribution in [3.05, 3.63) is 22.9 Å². The largest absolute Gasteiger partial charge is 0.409 e. The molecule has 116 valence electrons. The highest BCUT2D eigenvalue weighted by Gasteiger charge is 2.22. The molecular formula is C16H26N4O. The summed E-state index contributed by atoms with van der Waals surface area (Å²) in [7, 11) is 2.01. The summed E-state index contributed by atoms with van der Waals surface area (Å²) in [5.74, 6) is 0.938. The number of amidine groups is 1. The SMILES string of the molecule is CN(CC(C)(C)C)c1nc2c(cc1C(N)=NO)CCCC2. The van der Waals surface area contributed by atoms with Crippen LogP contribution in [0.25, 0.3) is 0 Å². The second-order valence-electron chi connectivity index (χ2n) is 7.07. The standard InChI is InChI=1S/C16H26N4O/c1-16(2,3)10-20(4)15-12(14(17)19-21)9-11-7-5-6-8-13(11)18-15/h9,21H,5-8,10H2,1-4H3,(H2,17,19). The molecule has 0 atom stereocenters. The molecular weight excluding hydrogens is 264 g/mol. The lowest BCUT2D eigenvalue weighted by Crippen LogP contribution is -2.32. The minimum atomic E-state index is 0.131. The van der Waals surface area contributed by atoms with Crippen LogP contribution in [-0.2, 0) is 12.8 Å². The third kappa shape index (κ3) is 3.65. The number of pyridine rings is 1. The van der Waals surface area contributed by atoms with Crippen LogP contribution in [0.5, 0.6) is 0 Å². The zero-order chi connectivity index (χ0) is 15.6. The van der Waals surface area contributed by atoms with E-state index in [1.54, 1.807) is 0 Å². The lowest BCUT2D eigenvalue weighted by atomic mass is 9.93. The van der Waals surface area contributed by atoms with Gasteiger partial charge in [-0.1, -0.05) is 25.9 Å². The lowest BCUT2D eigenvalue weighted by molar-refractivity contribution is 0.318. The number of nitrogens with two attached hydrogens (primary N) is 1. The van der Waals surface area contributed by atoms with Gasteiger partial charge < -0.3 is 15.8 Å². The van der Waals surface area contributed by atoms with Crippen LogP contribution < -0.4 is 10.6 Å². The summed E-state index contributed by atoms with van der Waals surface area (Å²) in [6, 6.07) is 2.05. The number of oxime groups is 1. The molecule has 5 heteroatoms. The van der Waals surface area contributed by atoms with Crippen molar-refractivity contribution in [2.45, 2.75) is 46.5 Å². The van der Waals surface area contributed by atoms with Gasteiger partial charge >= 0.3 is 0 Å². The van der Waals surface area contributed by atoms with Crippen molar-refractivity contribution in [3.8, 4) is 0 Å². The molecule has 1 aromatic heterocycles. The van der Waals surface area contributed by atoms with E-state index in [0.717, 1.165) is 36.5 Å². The highest BCUT2D eigenvalue weighted by molar-refractivity contribution is 6.01. The molecule has 1 heterocycles. The van der Waals surface area contributed by atoms with Crippen molar-refractivity contribution in [3.63, 3.8) is 0 Å². The van der Waals surface area contributed by atoms with Crippen molar-refractivity contribution in [2.24, 2.45) is 16.3 Å². The quantitative estimate of drug-likeness (QED) is 0.388. The Hall–Kier alpha value is -1.78. The Morgan fingerprint density at radius 1 is 1.38 bits per heavy atom. The van der Waals surface area contributed by atoms with E-state index in [-0.39, 0.29) is 11.3 Å². The number of hydrogen-bond acceptors (Lipinski definition) is 4. The number of rotatable bonds is 3. The van der Waals surface area contributed by atoms with Crippen molar-refractivity contribution in [1.82, 2.24) is 4.98 Å². The number of anilines is 1. The first kappa shape index (κ1) is 15.6. The number of fused-ring (bicyclic) bond motifs is 1. The van der Waals surface area contributed by atoms with Gasteiger partial charge in [0.15, 0.2) is 5.84 Å². The zero-order valence-electron chi connectivity index (χ0n) is 13.5. The molecule has 3 N–H and O–H groups in total. The molecule has 0 radical (unpaired) electrons. The Morgan fingerprint density at radius 2 is 2.05 bits per heavy atom. The van der Waals surface area contributed by atoms with Gasteiger partial charge in [-0.05, 0) is 42.7 Å². The lowest BCUT2D eigenvalue weighted by Gasteiger charge is -2.30. The molecule has 0 fully saturated rings. The molecule has 0 saturated heterocycles. The van der Waals surface area contributed by atoms with E-state index in [2.05, 4.69) is 30.8 Å². The van der Waals surface area contributed by atoms with Gasteiger partial charge in [0.1, 0.15) is 5.82 Å². The molecule has 5 nitrogen and oxygen atoms in total. The van der Waals surface area contributed by atoms with Crippen LogP contribution in [0.1, 0.15) is 50.4 Å². The second-order valence-corrected chi connectivity index (χ2v) is 7.07.